The van der Waals surface area contributed by atoms with Gasteiger partial charge in [-0.15, -0.1) is 0 Å². The molecule has 1 aliphatic rings. The van der Waals surface area contributed by atoms with Gasteiger partial charge in [-0.1, -0.05) is 90.9 Å². The molecule has 1 N–H and O–H groups in total. The second-order valence-electron chi connectivity index (χ2n) is 7.18. The number of unbranched alkanes of at least 4 members (excludes halogenated alkanes) is 6. The van der Waals surface area contributed by atoms with Crippen molar-refractivity contribution < 1.29 is 0 Å². The van der Waals surface area contributed by atoms with Crippen molar-refractivity contribution in [2.75, 3.05) is 6.54 Å². The molecule has 0 aromatic heterocycles. The lowest BCUT2D eigenvalue weighted by atomic mass is 9.83. The minimum absolute atomic E-state index is 0.809. The van der Waals surface area contributed by atoms with E-state index >= 15 is 0 Å². The molecule has 1 nitrogen and oxygen atoms in total. The normalized spacial score (nSPS) is 19.1. The number of hydrogen-bond donors (Lipinski definition) is 1. The van der Waals surface area contributed by atoms with E-state index in [1.807, 2.05) is 0 Å². The summed E-state index contributed by atoms with van der Waals surface area (Å²) in [7, 11) is 0. The molecule has 0 saturated heterocycles. The average molecular weight is 296 g/mol. The van der Waals surface area contributed by atoms with E-state index in [4.69, 9.17) is 0 Å². The molecule has 126 valence electrons. The first-order valence-electron chi connectivity index (χ1n) is 10.1. The summed E-state index contributed by atoms with van der Waals surface area (Å²) in [5, 5.41) is 3.81. The van der Waals surface area contributed by atoms with Crippen LogP contribution in [0.1, 0.15) is 110 Å². The Bertz CT molecular complexity index is 206. The summed E-state index contributed by atoms with van der Waals surface area (Å²) in [6.07, 6.45) is 21.9. The fourth-order valence-electron chi connectivity index (χ4n) is 3.98. The lowest BCUT2D eigenvalue weighted by molar-refractivity contribution is 0.271. The highest BCUT2D eigenvalue weighted by molar-refractivity contribution is 4.77. The molecule has 21 heavy (non-hydrogen) atoms. The Hall–Kier alpha value is -0.0400. The van der Waals surface area contributed by atoms with Gasteiger partial charge in [0.15, 0.2) is 0 Å². The Balaban J connectivity index is 2.18. The third-order valence-electron chi connectivity index (χ3n) is 5.30. The molecule has 0 aromatic carbocycles. The zero-order chi connectivity index (χ0) is 15.2. The largest absolute Gasteiger partial charge is 0.314 e. The summed E-state index contributed by atoms with van der Waals surface area (Å²) in [6.45, 7) is 5.73. The molecule has 0 aliphatic heterocycles. The van der Waals surface area contributed by atoms with Gasteiger partial charge in [-0.3, -0.25) is 0 Å². The first kappa shape index (κ1) is 19.0. The molecule has 1 atom stereocenters. The first-order valence-corrected chi connectivity index (χ1v) is 10.1. The monoisotopic (exact) mass is 295 g/mol. The smallest absolute Gasteiger partial charge is 0.00952 e. The summed E-state index contributed by atoms with van der Waals surface area (Å²) in [6, 6.07) is 0.809. The van der Waals surface area contributed by atoms with E-state index < -0.39 is 0 Å². The summed E-state index contributed by atoms with van der Waals surface area (Å²) in [4.78, 5) is 0. The van der Waals surface area contributed by atoms with Crippen LogP contribution in [0.15, 0.2) is 0 Å². The highest BCUT2D eigenvalue weighted by Gasteiger charge is 2.20. The fraction of sp³-hybridized carbons (Fsp3) is 1.00. The van der Waals surface area contributed by atoms with E-state index in [2.05, 4.69) is 19.2 Å². The molecular weight excluding hydrogens is 254 g/mol. The van der Waals surface area contributed by atoms with Gasteiger partial charge in [0, 0.05) is 6.04 Å². The lowest BCUT2D eigenvalue weighted by Crippen LogP contribution is -2.36. The van der Waals surface area contributed by atoms with Crippen LogP contribution in [0.5, 0.6) is 0 Å². The average Bonchev–Trinajstić information content (AvgIpc) is 2.45. The van der Waals surface area contributed by atoms with Crippen molar-refractivity contribution in [2.24, 2.45) is 5.92 Å². The minimum Gasteiger partial charge on any atom is -0.314 e. The van der Waals surface area contributed by atoms with Crippen LogP contribution >= 0.6 is 0 Å². The lowest BCUT2D eigenvalue weighted by Gasteiger charge is -2.29. The maximum absolute atomic E-state index is 3.81. The van der Waals surface area contributed by atoms with Gasteiger partial charge < -0.3 is 5.32 Å². The molecule has 1 aliphatic carbocycles. The van der Waals surface area contributed by atoms with Crippen molar-refractivity contribution in [3.05, 3.63) is 0 Å². The van der Waals surface area contributed by atoms with Gasteiger partial charge in [-0.2, -0.15) is 0 Å². The third kappa shape index (κ3) is 9.55. The van der Waals surface area contributed by atoms with Crippen LogP contribution in [0, 0.1) is 5.92 Å². The summed E-state index contributed by atoms with van der Waals surface area (Å²) in [5.41, 5.74) is 0. The minimum atomic E-state index is 0.809. The van der Waals surface area contributed by atoms with Crippen LogP contribution in [0.25, 0.3) is 0 Å². The molecule has 1 saturated carbocycles. The molecule has 1 rings (SSSR count). The van der Waals surface area contributed by atoms with E-state index in [1.165, 1.54) is 96.3 Å². The van der Waals surface area contributed by atoms with Crippen molar-refractivity contribution in [1.29, 1.82) is 0 Å². The zero-order valence-electron chi connectivity index (χ0n) is 15.0. The van der Waals surface area contributed by atoms with Crippen molar-refractivity contribution in [1.82, 2.24) is 5.32 Å². The Morgan fingerprint density at radius 3 is 1.95 bits per heavy atom. The summed E-state index contributed by atoms with van der Waals surface area (Å²) >= 11 is 0. The van der Waals surface area contributed by atoms with E-state index in [-0.39, 0.29) is 0 Å². The van der Waals surface area contributed by atoms with Gasteiger partial charge in [0.2, 0.25) is 0 Å². The molecule has 0 amide bonds. The third-order valence-corrected chi connectivity index (χ3v) is 5.30. The molecule has 0 aromatic rings. The zero-order valence-corrected chi connectivity index (χ0v) is 15.0. The SMILES string of the molecule is CCCCCCCCCC(NCC)C1CCCCCCC1. The van der Waals surface area contributed by atoms with Crippen molar-refractivity contribution in [3.8, 4) is 0 Å². The number of nitrogens with one attached hydrogen (secondary N) is 1. The fourth-order valence-corrected chi connectivity index (χ4v) is 3.98. The molecule has 0 bridgehead atoms. The van der Waals surface area contributed by atoms with Crippen LogP contribution in [0.4, 0.5) is 0 Å². The molecule has 0 spiro atoms. The van der Waals surface area contributed by atoms with Crippen LogP contribution in [0.2, 0.25) is 0 Å². The molecule has 1 unspecified atom stereocenters. The van der Waals surface area contributed by atoms with Crippen LogP contribution in [0.3, 0.4) is 0 Å². The van der Waals surface area contributed by atoms with Crippen molar-refractivity contribution >= 4 is 0 Å². The molecule has 1 fully saturated rings. The van der Waals surface area contributed by atoms with Crippen molar-refractivity contribution in [2.45, 2.75) is 116 Å². The van der Waals surface area contributed by atoms with Crippen molar-refractivity contribution in [3.63, 3.8) is 0 Å². The number of hydrogen-bond acceptors (Lipinski definition) is 1. The van der Waals surface area contributed by atoms with E-state index in [0.29, 0.717) is 0 Å². The second-order valence-corrected chi connectivity index (χ2v) is 7.18. The second kappa shape index (κ2) is 13.6. The number of rotatable bonds is 11. The van der Waals surface area contributed by atoms with Gasteiger partial charge in [0.1, 0.15) is 0 Å². The van der Waals surface area contributed by atoms with Gasteiger partial charge in [-0.25, -0.2) is 0 Å². The van der Waals surface area contributed by atoms with Crippen LogP contribution in [-0.4, -0.2) is 12.6 Å². The molecule has 0 radical (unpaired) electrons. The summed E-state index contributed by atoms with van der Waals surface area (Å²) < 4.78 is 0. The van der Waals surface area contributed by atoms with E-state index in [1.54, 1.807) is 0 Å². The Morgan fingerprint density at radius 2 is 1.33 bits per heavy atom. The molecular formula is C20H41N. The first-order chi connectivity index (χ1) is 10.4. The van der Waals surface area contributed by atoms with E-state index in [0.717, 1.165) is 18.5 Å². The Kier molecular flexibility index (Phi) is 12.3. The Labute approximate surface area is 134 Å². The highest BCUT2D eigenvalue weighted by Crippen LogP contribution is 2.27. The maximum atomic E-state index is 3.81. The molecule has 0 heterocycles. The maximum Gasteiger partial charge on any atom is 0.00952 e. The van der Waals surface area contributed by atoms with Crippen LogP contribution in [-0.2, 0) is 0 Å². The quantitative estimate of drug-likeness (QED) is 0.431. The van der Waals surface area contributed by atoms with Gasteiger partial charge in [0.05, 0.1) is 0 Å². The van der Waals surface area contributed by atoms with Gasteiger partial charge in [-0.05, 0) is 31.7 Å². The van der Waals surface area contributed by atoms with Gasteiger partial charge >= 0.3 is 0 Å². The topological polar surface area (TPSA) is 12.0 Å². The standard InChI is InChI=1S/C20H41N/c1-3-5-6-7-8-12-15-18-20(21-4-2)19-16-13-10-9-11-14-17-19/h19-21H,3-18H2,1-2H3. The Morgan fingerprint density at radius 1 is 0.762 bits per heavy atom. The van der Waals surface area contributed by atoms with E-state index in [9.17, 15) is 0 Å². The predicted octanol–water partition coefficient (Wildman–Crippen LogP) is 6.47. The predicted molar refractivity (Wildman–Crippen MR) is 95.9 cm³/mol. The molecule has 1 heteroatoms. The van der Waals surface area contributed by atoms with Crippen LogP contribution < -0.4 is 5.32 Å². The summed E-state index contributed by atoms with van der Waals surface area (Å²) in [5.74, 6) is 0.963. The van der Waals surface area contributed by atoms with Gasteiger partial charge in [0.25, 0.3) is 0 Å². The highest BCUT2D eigenvalue weighted by atomic mass is 14.9.